The summed E-state index contributed by atoms with van der Waals surface area (Å²) >= 11 is 0. The predicted octanol–water partition coefficient (Wildman–Crippen LogP) is 1.14. The topological polar surface area (TPSA) is 50.1 Å². The van der Waals surface area contributed by atoms with E-state index in [0.717, 1.165) is 25.2 Å². The zero-order valence-electron chi connectivity index (χ0n) is 9.48. The number of aromatic nitrogens is 2. The average Bonchev–Trinajstić information content (AvgIpc) is 2.66. The van der Waals surface area contributed by atoms with Crippen molar-refractivity contribution in [3.8, 4) is 0 Å². The van der Waals surface area contributed by atoms with Gasteiger partial charge < -0.3 is 15.0 Å². The molecule has 0 spiro atoms. The highest BCUT2D eigenvalue weighted by molar-refractivity contribution is 5.80. The zero-order chi connectivity index (χ0) is 11.4. The van der Waals surface area contributed by atoms with Crippen LogP contribution in [0.1, 0.15) is 12.0 Å². The Bertz CT molecular complexity index is 464. The van der Waals surface area contributed by atoms with E-state index in [1.54, 1.807) is 6.20 Å². The molecule has 0 fully saturated rings. The molecule has 0 saturated carbocycles. The van der Waals surface area contributed by atoms with Crippen molar-refractivity contribution in [3.05, 3.63) is 30.1 Å². The van der Waals surface area contributed by atoms with Gasteiger partial charge in [0.2, 0.25) is 0 Å². The minimum absolute atomic E-state index is 0.216. The number of aliphatic hydroxyl groups excluding tert-OH is 1. The summed E-state index contributed by atoms with van der Waals surface area (Å²) in [6, 6.07) is 4.04. The van der Waals surface area contributed by atoms with E-state index in [1.165, 1.54) is 10.9 Å². The highest BCUT2D eigenvalue weighted by Gasteiger charge is 2.07. The van der Waals surface area contributed by atoms with Gasteiger partial charge in [-0.2, -0.15) is 0 Å². The molecule has 4 nitrogen and oxygen atoms in total. The molecule has 16 heavy (non-hydrogen) atoms. The number of aliphatic hydroxyl groups is 1. The van der Waals surface area contributed by atoms with Gasteiger partial charge >= 0.3 is 0 Å². The second-order valence-electron chi connectivity index (χ2n) is 3.83. The van der Waals surface area contributed by atoms with Gasteiger partial charge in [0.05, 0.1) is 0 Å². The van der Waals surface area contributed by atoms with E-state index in [0.29, 0.717) is 0 Å². The van der Waals surface area contributed by atoms with Crippen LogP contribution in [-0.4, -0.2) is 28.3 Å². The summed E-state index contributed by atoms with van der Waals surface area (Å²) < 4.78 is 2.11. The summed E-state index contributed by atoms with van der Waals surface area (Å²) in [5.41, 5.74) is 2.25. The van der Waals surface area contributed by atoms with Crippen molar-refractivity contribution in [3.63, 3.8) is 0 Å². The van der Waals surface area contributed by atoms with Gasteiger partial charge in [-0.25, -0.2) is 4.98 Å². The molecular formula is C12H17N3O. The smallest absolute Gasteiger partial charge is 0.140 e. The van der Waals surface area contributed by atoms with E-state index in [2.05, 4.69) is 27.1 Å². The molecule has 2 aromatic heterocycles. The fourth-order valence-electron chi connectivity index (χ4n) is 1.94. The van der Waals surface area contributed by atoms with Gasteiger partial charge in [0, 0.05) is 37.5 Å². The minimum atomic E-state index is 0.216. The first kappa shape index (κ1) is 11.1. The molecule has 0 amide bonds. The van der Waals surface area contributed by atoms with Crippen LogP contribution in [0.5, 0.6) is 0 Å². The number of nitrogens with zero attached hydrogens (tertiary/aromatic N) is 2. The lowest BCUT2D eigenvalue weighted by molar-refractivity contribution is 0.280. The SMILES string of the molecule is CNCc1cn(CCCO)c2ncccc12. The van der Waals surface area contributed by atoms with E-state index >= 15 is 0 Å². The van der Waals surface area contributed by atoms with Crippen molar-refractivity contribution in [2.45, 2.75) is 19.5 Å². The summed E-state index contributed by atoms with van der Waals surface area (Å²) in [5.74, 6) is 0. The van der Waals surface area contributed by atoms with E-state index < -0.39 is 0 Å². The van der Waals surface area contributed by atoms with Gasteiger partial charge in [-0.1, -0.05) is 0 Å². The van der Waals surface area contributed by atoms with Crippen LogP contribution >= 0.6 is 0 Å². The first-order valence-corrected chi connectivity index (χ1v) is 5.55. The largest absolute Gasteiger partial charge is 0.396 e. The number of fused-ring (bicyclic) bond motifs is 1. The molecule has 0 aliphatic carbocycles. The summed E-state index contributed by atoms with van der Waals surface area (Å²) in [6.45, 7) is 1.87. The molecule has 2 N–H and O–H groups in total. The van der Waals surface area contributed by atoms with E-state index in [9.17, 15) is 0 Å². The first-order valence-electron chi connectivity index (χ1n) is 5.55. The molecule has 0 radical (unpaired) electrons. The van der Waals surface area contributed by atoms with Crippen LogP contribution in [0.4, 0.5) is 0 Å². The van der Waals surface area contributed by atoms with Gasteiger partial charge in [0.25, 0.3) is 0 Å². The standard InChI is InChI=1S/C12H17N3O/c1-13-8-10-9-15(6-3-7-16)12-11(10)4-2-5-14-12/h2,4-5,9,13,16H,3,6-8H2,1H3. The second-order valence-corrected chi connectivity index (χ2v) is 3.83. The lowest BCUT2D eigenvalue weighted by atomic mass is 10.2. The molecule has 2 rings (SSSR count). The lowest BCUT2D eigenvalue weighted by Crippen LogP contribution is -2.04. The Hall–Kier alpha value is -1.39. The van der Waals surface area contributed by atoms with E-state index in [-0.39, 0.29) is 6.61 Å². The van der Waals surface area contributed by atoms with Gasteiger partial charge in [0.1, 0.15) is 5.65 Å². The maximum Gasteiger partial charge on any atom is 0.140 e. The van der Waals surface area contributed by atoms with Crippen molar-refractivity contribution < 1.29 is 5.11 Å². The third-order valence-electron chi connectivity index (χ3n) is 2.64. The Morgan fingerprint density at radius 2 is 2.38 bits per heavy atom. The fraction of sp³-hybridized carbons (Fsp3) is 0.417. The number of hydrogen-bond donors (Lipinski definition) is 2. The first-order chi connectivity index (χ1) is 7.86. The number of hydrogen-bond acceptors (Lipinski definition) is 3. The van der Waals surface area contributed by atoms with Gasteiger partial charge in [0.15, 0.2) is 0 Å². The number of pyridine rings is 1. The van der Waals surface area contributed by atoms with Crippen molar-refractivity contribution in [1.29, 1.82) is 0 Å². The summed E-state index contributed by atoms with van der Waals surface area (Å²) in [5, 5.41) is 13.2. The maximum atomic E-state index is 8.86. The van der Waals surface area contributed by atoms with E-state index in [1.807, 2.05) is 13.1 Å². The third kappa shape index (κ3) is 2.08. The van der Waals surface area contributed by atoms with Crippen molar-refractivity contribution in [2.75, 3.05) is 13.7 Å². The second kappa shape index (κ2) is 5.09. The zero-order valence-corrected chi connectivity index (χ0v) is 9.48. The minimum Gasteiger partial charge on any atom is -0.396 e. The highest BCUT2D eigenvalue weighted by Crippen LogP contribution is 2.19. The lowest BCUT2D eigenvalue weighted by Gasteiger charge is -2.01. The van der Waals surface area contributed by atoms with Gasteiger partial charge in [-0.3, -0.25) is 0 Å². The van der Waals surface area contributed by atoms with Gasteiger partial charge in [-0.15, -0.1) is 0 Å². The molecular weight excluding hydrogens is 202 g/mol. The molecule has 0 aromatic carbocycles. The van der Waals surface area contributed by atoms with E-state index in [4.69, 9.17) is 5.11 Å². The molecule has 86 valence electrons. The van der Waals surface area contributed by atoms with Crippen LogP contribution < -0.4 is 5.32 Å². The number of nitrogens with one attached hydrogen (secondary N) is 1. The molecule has 2 heterocycles. The Balaban J connectivity index is 2.40. The Kier molecular flexibility index (Phi) is 3.54. The Morgan fingerprint density at radius 1 is 1.50 bits per heavy atom. The highest BCUT2D eigenvalue weighted by atomic mass is 16.3. The molecule has 0 saturated heterocycles. The van der Waals surface area contributed by atoms with Crippen LogP contribution in [0.2, 0.25) is 0 Å². The van der Waals surface area contributed by atoms with Crippen molar-refractivity contribution in [1.82, 2.24) is 14.9 Å². The monoisotopic (exact) mass is 219 g/mol. The maximum absolute atomic E-state index is 8.86. The van der Waals surface area contributed by atoms with Crippen molar-refractivity contribution in [2.24, 2.45) is 0 Å². The molecule has 0 bridgehead atoms. The summed E-state index contributed by atoms with van der Waals surface area (Å²) in [7, 11) is 1.94. The van der Waals surface area contributed by atoms with Crippen LogP contribution in [0.15, 0.2) is 24.5 Å². The molecule has 4 heteroatoms. The molecule has 0 aliphatic rings. The molecule has 0 unspecified atom stereocenters. The summed E-state index contributed by atoms with van der Waals surface area (Å²) in [4.78, 5) is 4.39. The molecule has 2 aromatic rings. The number of rotatable bonds is 5. The molecule has 0 atom stereocenters. The summed E-state index contributed by atoms with van der Waals surface area (Å²) in [6.07, 6.45) is 4.68. The third-order valence-corrected chi connectivity index (χ3v) is 2.64. The predicted molar refractivity (Wildman–Crippen MR) is 64.2 cm³/mol. The van der Waals surface area contributed by atoms with Crippen LogP contribution in [0, 0.1) is 0 Å². The van der Waals surface area contributed by atoms with Crippen LogP contribution in [0.25, 0.3) is 11.0 Å². The van der Waals surface area contributed by atoms with Crippen molar-refractivity contribution >= 4 is 11.0 Å². The number of aryl methyl sites for hydroxylation is 1. The average molecular weight is 219 g/mol. The Morgan fingerprint density at radius 3 is 3.12 bits per heavy atom. The van der Waals surface area contributed by atoms with Gasteiger partial charge in [-0.05, 0) is 31.2 Å². The van der Waals surface area contributed by atoms with Crippen LogP contribution in [-0.2, 0) is 13.1 Å². The Labute approximate surface area is 94.9 Å². The normalized spacial score (nSPS) is 11.1. The molecule has 0 aliphatic heterocycles. The quantitative estimate of drug-likeness (QED) is 0.792. The fourth-order valence-corrected chi connectivity index (χ4v) is 1.94. The van der Waals surface area contributed by atoms with Crippen LogP contribution in [0.3, 0.4) is 0 Å².